The number of esters is 1. The van der Waals surface area contributed by atoms with E-state index in [1.54, 1.807) is 0 Å². The number of methoxy groups -OCH3 is 1. The molecule has 1 fully saturated rings. The van der Waals surface area contributed by atoms with E-state index in [-0.39, 0.29) is 5.92 Å². The Hall–Kier alpha value is -1.62. The summed E-state index contributed by atoms with van der Waals surface area (Å²) in [5.74, 6) is -0.833. The number of rotatable bonds is 2. The molecule has 7 heteroatoms. The van der Waals surface area contributed by atoms with E-state index in [1.165, 1.54) is 7.11 Å². The molecule has 0 amide bonds. The van der Waals surface area contributed by atoms with Gasteiger partial charge in [0.2, 0.25) is 5.54 Å². The van der Waals surface area contributed by atoms with Gasteiger partial charge >= 0.3 is 5.97 Å². The van der Waals surface area contributed by atoms with Gasteiger partial charge in [0, 0.05) is 29.3 Å². The van der Waals surface area contributed by atoms with Crippen molar-refractivity contribution in [3.8, 4) is 6.07 Å². The first-order valence-corrected chi connectivity index (χ1v) is 7.60. The van der Waals surface area contributed by atoms with Crippen LogP contribution in [0.1, 0.15) is 12.8 Å². The fraction of sp³-hybridized carbons (Fsp3) is 0.467. The average Bonchev–Trinajstić information content (AvgIpc) is 2.57. The van der Waals surface area contributed by atoms with E-state index in [4.69, 9.17) is 21.5 Å². The molecule has 1 aromatic carbocycles. The van der Waals surface area contributed by atoms with Crippen LogP contribution in [0.2, 0.25) is 0 Å². The number of nitrogens with two attached hydrogens (primary N) is 2. The van der Waals surface area contributed by atoms with E-state index in [0.29, 0.717) is 26.1 Å². The molecule has 4 N–H and O–H groups in total. The first kappa shape index (κ1) is 18.4. The van der Waals surface area contributed by atoms with Crippen molar-refractivity contribution >= 4 is 27.6 Å². The monoisotopic (exact) mass is 369 g/mol. The highest BCUT2D eigenvalue weighted by atomic mass is 79.9. The summed E-state index contributed by atoms with van der Waals surface area (Å²) in [7, 11) is 1.24. The third-order valence-electron chi connectivity index (χ3n) is 3.44. The number of nitriles is 1. The quantitative estimate of drug-likeness (QED) is 0.607. The number of hydrogen-bond donors (Lipinski definition) is 2. The molecule has 1 aliphatic rings. The predicted molar refractivity (Wildman–Crippen MR) is 86.6 cm³/mol. The van der Waals surface area contributed by atoms with Gasteiger partial charge in [0.25, 0.3) is 0 Å². The van der Waals surface area contributed by atoms with Gasteiger partial charge in [0.05, 0.1) is 13.2 Å². The molecule has 0 radical (unpaired) electrons. The summed E-state index contributed by atoms with van der Waals surface area (Å²) in [6, 6.07) is 9.37. The maximum Gasteiger partial charge on any atom is 0.341 e. The van der Waals surface area contributed by atoms with Gasteiger partial charge in [-0.05, 0) is 37.1 Å². The maximum absolute atomic E-state index is 11.4. The lowest BCUT2D eigenvalue weighted by Crippen LogP contribution is -2.55. The Kier molecular flexibility index (Phi) is 7.32. The number of carbonyl (C=O) groups excluding carboxylic acids is 1. The third kappa shape index (κ3) is 4.98. The fourth-order valence-corrected chi connectivity index (χ4v) is 2.35. The molecule has 120 valence electrons. The number of ether oxygens (including phenoxy) is 2. The Balaban J connectivity index is 0.000000255. The lowest BCUT2D eigenvalue weighted by Gasteiger charge is -2.31. The second-order valence-corrected chi connectivity index (χ2v) is 5.83. The van der Waals surface area contributed by atoms with Crippen molar-refractivity contribution < 1.29 is 14.3 Å². The molecular weight excluding hydrogens is 350 g/mol. The predicted octanol–water partition coefficient (Wildman–Crippen LogP) is 1.84. The van der Waals surface area contributed by atoms with E-state index in [1.807, 2.05) is 30.3 Å². The van der Waals surface area contributed by atoms with Crippen LogP contribution in [0.4, 0.5) is 5.69 Å². The molecule has 1 unspecified atom stereocenters. The van der Waals surface area contributed by atoms with Crippen molar-refractivity contribution in [3.05, 3.63) is 28.7 Å². The molecule has 22 heavy (non-hydrogen) atoms. The smallest absolute Gasteiger partial charge is 0.341 e. The van der Waals surface area contributed by atoms with Crippen LogP contribution in [-0.4, -0.2) is 31.8 Å². The summed E-state index contributed by atoms with van der Waals surface area (Å²) in [5.41, 5.74) is 10.4. The topological polar surface area (TPSA) is 111 Å². The second-order valence-electron chi connectivity index (χ2n) is 4.91. The highest BCUT2D eigenvalue weighted by Crippen LogP contribution is 2.26. The number of nitrogen functional groups attached to an aromatic ring is 1. The van der Waals surface area contributed by atoms with Gasteiger partial charge in [-0.3, -0.25) is 0 Å². The van der Waals surface area contributed by atoms with E-state index >= 15 is 0 Å². The van der Waals surface area contributed by atoms with Gasteiger partial charge in [0.1, 0.15) is 0 Å². The molecule has 0 saturated carbocycles. The standard InChI is InChI=1S/C9H14N2O3.C6H6BrN/c1-13-8(12)9(11,6-10)7-2-4-14-5-3-7;7-5-1-3-6(8)4-2-5/h7H,2-5,11H2,1H3;1-4H,8H2. The molecule has 0 aromatic heterocycles. The zero-order valence-corrected chi connectivity index (χ0v) is 14.0. The summed E-state index contributed by atoms with van der Waals surface area (Å²) in [4.78, 5) is 11.4. The van der Waals surface area contributed by atoms with E-state index in [9.17, 15) is 4.79 Å². The van der Waals surface area contributed by atoms with E-state index in [2.05, 4.69) is 20.7 Å². The first-order chi connectivity index (χ1) is 10.4. The number of carbonyl (C=O) groups is 1. The highest BCUT2D eigenvalue weighted by Gasteiger charge is 2.44. The summed E-state index contributed by atoms with van der Waals surface area (Å²) < 4.78 is 10.7. The van der Waals surface area contributed by atoms with Crippen molar-refractivity contribution in [3.63, 3.8) is 0 Å². The average molecular weight is 370 g/mol. The van der Waals surface area contributed by atoms with Crippen LogP contribution in [0.25, 0.3) is 0 Å². The summed E-state index contributed by atoms with van der Waals surface area (Å²) in [6.45, 7) is 1.09. The number of anilines is 1. The minimum atomic E-state index is -1.52. The number of hydrogen-bond acceptors (Lipinski definition) is 6. The van der Waals surface area contributed by atoms with Gasteiger partial charge in [-0.15, -0.1) is 0 Å². The van der Waals surface area contributed by atoms with Gasteiger partial charge < -0.3 is 20.9 Å². The molecule has 0 bridgehead atoms. The van der Waals surface area contributed by atoms with Crippen molar-refractivity contribution in [2.24, 2.45) is 11.7 Å². The molecule has 1 atom stereocenters. The largest absolute Gasteiger partial charge is 0.467 e. The Morgan fingerprint density at radius 3 is 2.36 bits per heavy atom. The van der Waals surface area contributed by atoms with Crippen LogP contribution >= 0.6 is 15.9 Å². The van der Waals surface area contributed by atoms with Crippen LogP contribution in [0.15, 0.2) is 28.7 Å². The first-order valence-electron chi connectivity index (χ1n) is 6.81. The summed E-state index contributed by atoms with van der Waals surface area (Å²) >= 11 is 3.29. The van der Waals surface area contributed by atoms with Crippen LogP contribution in [0.5, 0.6) is 0 Å². The van der Waals surface area contributed by atoms with Crippen LogP contribution in [-0.2, 0) is 14.3 Å². The van der Waals surface area contributed by atoms with Gasteiger partial charge in [-0.1, -0.05) is 15.9 Å². The van der Waals surface area contributed by atoms with Crippen molar-refractivity contribution in [1.29, 1.82) is 5.26 Å². The SMILES string of the molecule is COC(=O)C(N)(C#N)C1CCOCC1.Nc1ccc(Br)cc1. The zero-order valence-electron chi connectivity index (χ0n) is 12.4. The summed E-state index contributed by atoms with van der Waals surface area (Å²) in [6.07, 6.45) is 1.25. The van der Waals surface area contributed by atoms with Crippen LogP contribution in [0, 0.1) is 17.2 Å². The number of benzene rings is 1. The maximum atomic E-state index is 11.4. The Labute approximate surface area is 138 Å². The van der Waals surface area contributed by atoms with Gasteiger partial charge in [-0.25, -0.2) is 4.79 Å². The molecule has 1 heterocycles. The van der Waals surface area contributed by atoms with Crippen molar-refractivity contribution in [2.45, 2.75) is 18.4 Å². The number of halogens is 1. The molecular formula is C15H20BrN3O3. The number of nitrogens with zero attached hydrogens (tertiary/aromatic N) is 1. The molecule has 6 nitrogen and oxygen atoms in total. The van der Waals surface area contributed by atoms with Gasteiger partial charge in [0.15, 0.2) is 0 Å². The lowest BCUT2D eigenvalue weighted by atomic mass is 9.81. The minimum absolute atomic E-state index is 0.173. The lowest BCUT2D eigenvalue weighted by molar-refractivity contribution is -0.147. The molecule has 0 aliphatic carbocycles. The van der Waals surface area contributed by atoms with E-state index < -0.39 is 11.5 Å². The van der Waals surface area contributed by atoms with Crippen molar-refractivity contribution in [2.75, 3.05) is 26.1 Å². The molecule has 1 aromatic rings. The third-order valence-corrected chi connectivity index (χ3v) is 3.97. The normalized spacial score (nSPS) is 17.4. The molecule has 2 rings (SSSR count). The Morgan fingerprint density at radius 1 is 1.41 bits per heavy atom. The summed E-state index contributed by atoms with van der Waals surface area (Å²) in [5, 5.41) is 8.92. The highest BCUT2D eigenvalue weighted by molar-refractivity contribution is 9.10. The Morgan fingerprint density at radius 2 is 1.95 bits per heavy atom. The molecule has 0 spiro atoms. The zero-order chi connectivity index (χ0) is 16.6. The van der Waals surface area contributed by atoms with E-state index in [0.717, 1.165) is 10.2 Å². The van der Waals surface area contributed by atoms with Crippen LogP contribution in [0.3, 0.4) is 0 Å². The second kappa shape index (κ2) is 8.73. The Bertz CT molecular complexity index is 503. The molecule has 1 saturated heterocycles. The fourth-order valence-electron chi connectivity index (χ4n) is 2.09. The van der Waals surface area contributed by atoms with Gasteiger partial charge in [-0.2, -0.15) is 5.26 Å². The van der Waals surface area contributed by atoms with Crippen LogP contribution < -0.4 is 11.5 Å². The van der Waals surface area contributed by atoms with Crippen molar-refractivity contribution in [1.82, 2.24) is 0 Å². The molecule has 1 aliphatic heterocycles. The minimum Gasteiger partial charge on any atom is -0.467 e.